The Morgan fingerprint density at radius 3 is 2.30 bits per heavy atom. The Labute approximate surface area is 173 Å². The van der Waals surface area contributed by atoms with E-state index in [9.17, 15) is 14.4 Å². The van der Waals surface area contributed by atoms with E-state index in [0.717, 1.165) is 22.1 Å². The molecule has 0 heterocycles. The zero-order valence-electron chi connectivity index (χ0n) is 16.3. The normalized spacial score (nSPS) is 10.7. The van der Waals surface area contributed by atoms with Crippen molar-refractivity contribution >= 4 is 34.6 Å². The summed E-state index contributed by atoms with van der Waals surface area (Å²) in [6, 6.07) is 17.5. The highest BCUT2D eigenvalue weighted by Crippen LogP contribution is 2.22. The molecule has 0 aliphatic heterocycles. The van der Waals surface area contributed by atoms with Gasteiger partial charge in [-0.2, -0.15) is 0 Å². The number of primary amides is 1. The molecule has 30 heavy (non-hydrogen) atoms. The summed E-state index contributed by atoms with van der Waals surface area (Å²) >= 11 is 0. The molecule has 7 heteroatoms. The number of ether oxygens (including phenoxy) is 2. The number of hydrogen-bond acceptors (Lipinski definition) is 5. The van der Waals surface area contributed by atoms with Crippen molar-refractivity contribution in [3.63, 3.8) is 0 Å². The van der Waals surface area contributed by atoms with Gasteiger partial charge in [-0.25, -0.2) is 4.79 Å². The van der Waals surface area contributed by atoms with Crippen LogP contribution in [-0.4, -0.2) is 31.4 Å². The lowest BCUT2D eigenvalue weighted by atomic mass is 10.1. The highest BCUT2D eigenvalue weighted by Gasteiger charge is 2.07. The number of methoxy groups -OCH3 is 1. The molecule has 3 aromatic rings. The van der Waals surface area contributed by atoms with Gasteiger partial charge in [0, 0.05) is 11.6 Å². The van der Waals surface area contributed by atoms with E-state index >= 15 is 0 Å². The zero-order valence-corrected chi connectivity index (χ0v) is 16.3. The monoisotopic (exact) mass is 404 g/mol. The number of nitrogens with two attached hydrogens (primary N) is 1. The maximum absolute atomic E-state index is 12.1. The van der Waals surface area contributed by atoms with Crippen LogP contribution in [0.3, 0.4) is 0 Å². The molecule has 0 unspecified atom stereocenters. The Morgan fingerprint density at radius 1 is 0.933 bits per heavy atom. The fraction of sp³-hybridized carbons (Fsp3) is 0.0870. The van der Waals surface area contributed by atoms with Gasteiger partial charge < -0.3 is 20.5 Å². The van der Waals surface area contributed by atoms with E-state index in [1.807, 2.05) is 36.4 Å². The standard InChI is InChI=1S/C23H20N2O5/c1-29-20-10-7-17-12-15(2-4-18(17)13-20)3-11-22(27)30-19-8-5-16(6-9-19)23(28)25-14-21(24)26/h2-13H,14H2,1H3,(H2,24,26)(H,25,28)/b11-3+. The van der Waals surface area contributed by atoms with Gasteiger partial charge in [0.05, 0.1) is 13.7 Å². The van der Waals surface area contributed by atoms with E-state index < -0.39 is 17.8 Å². The van der Waals surface area contributed by atoms with Gasteiger partial charge in [0.2, 0.25) is 5.91 Å². The van der Waals surface area contributed by atoms with Gasteiger partial charge in [-0.05, 0) is 64.9 Å². The fourth-order valence-corrected chi connectivity index (χ4v) is 2.73. The first kappa shape index (κ1) is 20.6. The van der Waals surface area contributed by atoms with Crippen LogP contribution in [-0.2, 0) is 9.59 Å². The van der Waals surface area contributed by atoms with Crippen molar-refractivity contribution in [1.82, 2.24) is 5.32 Å². The van der Waals surface area contributed by atoms with Crippen LogP contribution in [0.25, 0.3) is 16.8 Å². The molecule has 7 nitrogen and oxygen atoms in total. The third kappa shape index (κ3) is 5.45. The minimum absolute atomic E-state index is 0.247. The third-order valence-electron chi connectivity index (χ3n) is 4.24. The number of carbonyl (C=O) groups excluding carboxylic acids is 3. The SMILES string of the molecule is COc1ccc2cc(/C=C/C(=O)Oc3ccc(C(=O)NCC(N)=O)cc3)ccc2c1. The van der Waals surface area contributed by atoms with Gasteiger partial charge in [0.25, 0.3) is 5.91 Å². The van der Waals surface area contributed by atoms with Crippen LogP contribution in [0.15, 0.2) is 66.7 Å². The number of hydrogen-bond donors (Lipinski definition) is 2. The van der Waals surface area contributed by atoms with E-state index in [1.54, 1.807) is 13.2 Å². The van der Waals surface area contributed by atoms with Crippen molar-refractivity contribution in [1.29, 1.82) is 0 Å². The Kier molecular flexibility index (Phi) is 6.44. The third-order valence-corrected chi connectivity index (χ3v) is 4.24. The first-order valence-electron chi connectivity index (χ1n) is 9.09. The predicted octanol–water partition coefficient (Wildman–Crippen LogP) is 2.68. The zero-order chi connectivity index (χ0) is 21.5. The van der Waals surface area contributed by atoms with Crippen LogP contribution in [0.2, 0.25) is 0 Å². The van der Waals surface area contributed by atoms with Gasteiger partial charge in [0.15, 0.2) is 0 Å². The van der Waals surface area contributed by atoms with Crippen molar-refractivity contribution in [2.75, 3.05) is 13.7 Å². The van der Waals surface area contributed by atoms with Crippen molar-refractivity contribution in [3.05, 3.63) is 77.9 Å². The summed E-state index contributed by atoms with van der Waals surface area (Å²) in [5.74, 6) is -0.546. The Bertz CT molecular complexity index is 1120. The summed E-state index contributed by atoms with van der Waals surface area (Å²) in [4.78, 5) is 34.6. The number of rotatable bonds is 7. The molecule has 0 atom stereocenters. The molecule has 3 aromatic carbocycles. The molecule has 0 radical (unpaired) electrons. The molecule has 3 rings (SSSR count). The highest BCUT2D eigenvalue weighted by molar-refractivity contribution is 5.96. The number of nitrogens with one attached hydrogen (secondary N) is 1. The molecular formula is C23H20N2O5. The van der Waals surface area contributed by atoms with Crippen molar-refractivity contribution in [3.8, 4) is 11.5 Å². The number of benzene rings is 3. The van der Waals surface area contributed by atoms with Crippen molar-refractivity contribution in [2.24, 2.45) is 5.73 Å². The van der Waals surface area contributed by atoms with Crippen molar-refractivity contribution < 1.29 is 23.9 Å². The molecule has 0 saturated carbocycles. The van der Waals surface area contributed by atoms with E-state index in [-0.39, 0.29) is 6.54 Å². The Morgan fingerprint density at radius 2 is 1.60 bits per heavy atom. The molecule has 0 aromatic heterocycles. The highest BCUT2D eigenvalue weighted by atomic mass is 16.5. The molecule has 152 valence electrons. The van der Waals surface area contributed by atoms with Gasteiger partial charge in [-0.1, -0.05) is 18.2 Å². The van der Waals surface area contributed by atoms with E-state index in [0.29, 0.717) is 11.3 Å². The lowest BCUT2D eigenvalue weighted by Crippen LogP contribution is -2.33. The number of fused-ring (bicyclic) bond motifs is 1. The average molecular weight is 404 g/mol. The first-order chi connectivity index (χ1) is 14.4. The summed E-state index contributed by atoms with van der Waals surface area (Å²) in [7, 11) is 1.62. The summed E-state index contributed by atoms with van der Waals surface area (Å²) in [6.07, 6.45) is 3.00. The second-order valence-corrected chi connectivity index (χ2v) is 6.40. The van der Waals surface area contributed by atoms with E-state index in [2.05, 4.69) is 5.32 Å². The lowest BCUT2D eigenvalue weighted by molar-refractivity contribution is -0.128. The van der Waals surface area contributed by atoms with E-state index in [4.69, 9.17) is 15.2 Å². The summed E-state index contributed by atoms with van der Waals surface area (Å²) in [5.41, 5.74) is 6.16. The van der Waals surface area contributed by atoms with Crippen LogP contribution >= 0.6 is 0 Å². The number of esters is 1. The summed E-state index contributed by atoms with van der Waals surface area (Å²) in [6.45, 7) is -0.247. The van der Waals surface area contributed by atoms with Crippen molar-refractivity contribution in [2.45, 2.75) is 0 Å². The number of amides is 2. The quantitative estimate of drug-likeness (QED) is 0.358. The second-order valence-electron chi connectivity index (χ2n) is 6.40. The molecule has 0 aliphatic carbocycles. The van der Waals surface area contributed by atoms with E-state index in [1.165, 1.54) is 30.3 Å². The smallest absolute Gasteiger partial charge is 0.336 e. The van der Waals surface area contributed by atoms with Crippen LogP contribution in [0.4, 0.5) is 0 Å². The van der Waals surface area contributed by atoms with Gasteiger partial charge in [-0.3, -0.25) is 9.59 Å². The first-order valence-corrected chi connectivity index (χ1v) is 9.09. The van der Waals surface area contributed by atoms with Crippen LogP contribution in [0, 0.1) is 0 Å². The minimum atomic E-state index is -0.633. The molecule has 0 saturated heterocycles. The fourth-order valence-electron chi connectivity index (χ4n) is 2.73. The topological polar surface area (TPSA) is 108 Å². The second kappa shape index (κ2) is 9.38. The molecule has 2 amide bonds. The largest absolute Gasteiger partial charge is 0.497 e. The maximum Gasteiger partial charge on any atom is 0.336 e. The maximum atomic E-state index is 12.1. The summed E-state index contributed by atoms with van der Waals surface area (Å²) in [5, 5.41) is 4.44. The predicted molar refractivity (Wildman–Crippen MR) is 113 cm³/mol. The average Bonchev–Trinajstić information content (AvgIpc) is 2.76. The molecular weight excluding hydrogens is 384 g/mol. The van der Waals surface area contributed by atoms with Crippen LogP contribution in [0.5, 0.6) is 11.5 Å². The van der Waals surface area contributed by atoms with Crippen LogP contribution < -0.4 is 20.5 Å². The number of carbonyl (C=O) groups is 3. The minimum Gasteiger partial charge on any atom is -0.497 e. The molecule has 0 spiro atoms. The molecule has 0 fully saturated rings. The molecule has 3 N–H and O–H groups in total. The van der Waals surface area contributed by atoms with Gasteiger partial charge in [0.1, 0.15) is 11.5 Å². The molecule has 0 bridgehead atoms. The van der Waals surface area contributed by atoms with Gasteiger partial charge in [-0.15, -0.1) is 0 Å². The molecule has 0 aliphatic rings. The van der Waals surface area contributed by atoms with Crippen LogP contribution in [0.1, 0.15) is 15.9 Å². The summed E-state index contributed by atoms with van der Waals surface area (Å²) < 4.78 is 10.5. The lowest BCUT2D eigenvalue weighted by Gasteiger charge is -2.05. The Hall–Kier alpha value is -4.13. The van der Waals surface area contributed by atoms with Gasteiger partial charge >= 0.3 is 5.97 Å². The Balaban J connectivity index is 1.61.